The van der Waals surface area contributed by atoms with E-state index in [1.165, 1.54) is 0 Å². The van der Waals surface area contributed by atoms with Gasteiger partial charge in [0, 0.05) is 39.0 Å². The Kier molecular flexibility index (Phi) is 4.44. The molecule has 0 aliphatic carbocycles. The number of methoxy groups -OCH3 is 1. The van der Waals surface area contributed by atoms with Crippen molar-refractivity contribution in [1.82, 2.24) is 4.90 Å². The van der Waals surface area contributed by atoms with Gasteiger partial charge in [0.2, 0.25) is 5.91 Å². The van der Waals surface area contributed by atoms with E-state index in [9.17, 15) is 4.79 Å². The molecule has 2 heterocycles. The molecule has 0 spiro atoms. The summed E-state index contributed by atoms with van der Waals surface area (Å²) < 4.78 is 5.23. The van der Waals surface area contributed by atoms with E-state index in [1.54, 1.807) is 7.11 Å². The van der Waals surface area contributed by atoms with Crippen molar-refractivity contribution in [3.8, 4) is 0 Å². The van der Waals surface area contributed by atoms with Crippen LogP contribution < -0.4 is 5.32 Å². The fourth-order valence-corrected chi connectivity index (χ4v) is 3.50. The number of ether oxygens (including phenoxy) is 1. The lowest BCUT2D eigenvalue weighted by atomic mass is 9.88. The Morgan fingerprint density at radius 2 is 2.05 bits per heavy atom. The minimum Gasteiger partial charge on any atom is -0.385 e. The van der Waals surface area contributed by atoms with Crippen LogP contribution in [0.3, 0.4) is 0 Å². The number of fused-ring (bicyclic) bond motifs is 1. The lowest BCUT2D eigenvalue weighted by Gasteiger charge is -2.35. The largest absolute Gasteiger partial charge is 0.385 e. The second-order valence-corrected chi connectivity index (χ2v) is 6.08. The molecule has 4 heteroatoms. The third-order valence-corrected chi connectivity index (χ3v) is 4.71. The molecule has 3 rings (SSSR count). The number of para-hydroxylation sites is 1. The van der Waals surface area contributed by atoms with Gasteiger partial charge in [0.15, 0.2) is 0 Å². The summed E-state index contributed by atoms with van der Waals surface area (Å²) in [5.41, 5.74) is 2.28. The highest BCUT2D eigenvalue weighted by atomic mass is 16.5. The number of nitrogens with one attached hydrogen (secondary N) is 1. The highest BCUT2D eigenvalue weighted by molar-refractivity contribution is 5.86. The molecule has 114 valence electrons. The standard InChI is InChI=1S/C17H24N2O2/c1-21-12-13-7-10-19(11-8-13)17(20)15-6-9-18-16-5-3-2-4-14(15)16/h2-5,13,15,18H,6-12H2,1H3. The Balaban J connectivity index is 1.67. The van der Waals surface area contributed by atoms with Crippen LogP contribution >= 0.6 is 0 Å². The van der Waals surface area contributed by atoms with Gasteiger partial charge in [0.05, 0.1) is 5.92 Å². The predicted octanol–water partition coefficient (Wildman–Crippen LogP) is 2.47. The van der Waals surface area contributed by atoms with Gasteiger partial charge in [0.1, 0.15) is 0 Å². The number of carbonyl (C=O) groups excluding carboxylic acids is 1. The summed E-state index contributed by atoms with van der Waals surface area (Å²) in [5, 5.41) is 3.39. The molecule has 1 saturated heterocycles. The summed E-state index contributed by atoms with van der Waals surface area (Å²) in [6, 6.07) is 8.20. The molecule has 4 nitrogen and oxygen atoms in total. The average molecular weight is 288 g/mol. The number of nitrogens with zero attached hydrogens (tertiary/aromatic N) is 1. The van der Waals surface area contributed by atoms with Crippen molar-refractivity contribution in [1.29, 1.82) is 0 Å². The maximum atomic E-state index is 12.8. The monoisotopic (exact) mass is 288 g/mol. The fraction of sp³-hybridized carbons (Fsp3) is 0.588. The van der Waals surface area contributed by atoms with Crippen LogP contribution in [0.4, 0.5) is 5.69 Å². The van der Waals surface area contributed by atoms with E-state index < -0.39 is 0 Å². The Morgan fingerprint density at radius 1 is 1.29 bits per heavy atom. The molecule has 1 amide bonds. The van der Waals surface area contributed by atoms with Crippen molar-refractivity contribution in [2.45, 2.75) is 25.2 Å². The molecule has 0 aromatic heterocycles. The van der Waals surface area contributed by atoms with Crippen LogP contribution in [0, 0.1) is 5.92 Å². The lowest BCUT2D eigenvalue weighted by molar-refractivity contribution is -0.134. The second-order valence-electron chi connectivity index (χ2n) is 6.08. The first-order chi connectivity index (χ1) is 10.3. The SMILES string of the molecule is COCC1CCN(C(=O)C2CCNc3ccccc32)CC1. The molecular formula is C17H24N2O2. The van der Waals surface area contributed by atoms with Crippen molar-refractivity contribution in [3.63, 3.8) is 0 Å². The van der Waals surface area contributed by atoms with Crippen LogP contribution in [0.15, 0.2) is 24.3 Å². The fourth-order valence-electron chi connectivity index (χ4n) is 3.50. The van der Waals surface area contributed by atoms with Crippen molar-refractivity contribution < 1.29 is 9.53 Å². The van der Waals surface area contributed by atoms with Gasteiger partial charge >= 0.3 is 0 Å². The zero-order chi connectivity index (χ0) is 14.7. The topological polar surface area (TPSA) is 41.6 Å². The summed E-state index contributed by atoms with van der Waals surface area (Å²) in [4.78, 5) is 14.9. The number of amides is 1. The molecule has 0 bridgehead atoms. The molecule has 21 heavy (non-hydrogen) atoms. The smallest absolute Gasteiger partial charge is 0.230 e. The maximum Gasteiger partial charge on any atom is 0.230 e. The highest BCUT2D eigenvalue weighted by Crippen LogP contribution is 2.33. The summed E-state index contributed by atoms with van der Waals surface area (Å²) in [6.45, 7) is 3.45. The summed E-state index contributed by atoms with van der Waals surface area (Å²) in [6.07, 6.45) is 3.02. The number of likely N-dealkylation sites (tertiary alicyclic amines) is 1. The van der Waals surface area contributed by atoms with Gasteiger partial charge in [-0.05, 0) is 36.8 Å². The molecular weight excluding hydrogens is 264 g/mol. The predicted molar refractivity (Wildman–Crippen MR) is 83.5 cm³/mol. The Bertz CT molecular complexity index is 495. The van der Waals surface area contributed by atoms with E-state index in [0.29, 0.717) is 11.8 Å². The molecule has 0 radical (unpaired) electrons. The number of piperidine rings is 1. The van der Waals surface area contributed by atoms with Crippen molar-refractivity contribution in [2.24, 2.45) is 5.92 Å². The number of rotatable bonds is 3. The maximum absolute atomic E-state index is 12.8. The molecule has 1 N–H and O–H groups in total. The Labute approximate surface area is 126 Å². The third-order valence-electron chi connectivity index (χ3n) is 4.71. The van der Waals surface area contributed by atoms with Crippen molar-refractivity contribution >= 4 is 11.6 Å². The van der Waals surface area contributed by atoms with Crippen LogP contribution in [0.1, 0.15) is 30.7 Å². The first kappa shape index (κ1) is 14.4. The van der Waals surface area contributed by atoms with Gasteiger partial charge in [-0.2, -0.15) is 0 Å². The van der Waals surface area contributed by atoms with Gasteiger partial charge in [-0.1, -0.05) is 18.2 Å². The van der Waals surface area contributed by atoms with Gasteiger partial charge in [-0.3, -0.25) is 4.79 Å². The van der Waals surface area contributed by atoms with Gasteiger partial charge in [0.25, 0.3) is 0 Å². The number of hydrogen-bond donors (Lipinski definition) is 1. The van der Waals surface area contributed by atoms with E-state index in [0.717, 1.165) is 56.8 Å². The minimum absolute atomic E-state index is 0.0291. The van der Waals surface area contributed by atoms with Gasteiger partial charge in [-0.25, -0.2) is 0 Å². The molecule has 1 aromatic rings. The van der Waals surface area contributed by atoms with Gasteiger partial charge < -0.3 is 15.0 Å². The summed E-state index contributed by atoms with van der Waals surface area (Å²) in [7, 11) is 1.75. The van der Waals surface area contributed by atoms with E-state index in [4.69, 9.17) is 4.74 Å². The Morgan fingerprint density at radius 3 is 2.81 bits per heavy atom. The molecule has 1 atom stereocenters. The van der Waals surface area contributed by atoms with Crippen LogP contribution in [-0.4, -0.2) is 44.2 Å². The number of benzene rings is 1. The van der Waals surface area contributed by atoms with Crippen LogP contribution in [-0.2, 0) is 9.53 Å². The van der Waals surface area contributed by atoms with Crippen molar-refractivity contribution in [2.75, 3.05) is 38.7 Å². The zero-order valence-electron chi connectivity index (χ0n) is 12.7. The number of anilines is 1. The minimum atomic E-state index is 0.0291. The molecule has 2 aliphatic rings. The Hall–Kier alpha value is -1.55. The van der Waals surface area contributed by atoms with E-state index in [1.807, 2.05) is 12.1 Å². The van der Waals surface area contributed by atoms with Crippen molar-refractivity contribution in [3.05, 3.63) is 29.8 Å². The number of carbonyl (C=O) groups is 1. The van der Waals surface area contributed by atoms with E-state index in [-0.39, 0.29) is 5.92 Å². The zero-order valence-corrected chi connectivity index (χ0v) is 12.7. The quantitative estimate of drug-likeness (QED) is 0.929. The second kappa shape index (κ2) is 6.48. The van der Waals surface area contributed by atoms with Gasteiger partial charge in [-0.15, -0.1) is 0 Å². The summed E-state index contributed by atoms with van der Waals surface area (Å²) >= 11 is 0. The third kappa shape index (κ3) is 3.05. The number of hydrogen-bond acceptors (Lipinski definition) is 3. The molecule has 1 unspecified atom stereocenters. The van der Waals surface area contributed by atoms with Crippen LogP contribution in [0.5, 0.6) is 0 Å². The van der Waals surface area contributed by atoms with E-state index in [2.05, 4.69) is 22.3 Å². The summed E-state index contributed by atoms with van der Waals surface area (Å²) in [5.74, 6) is 0.945. The van der Waals surface area contributed by atoms with E-state index >= 15 is 0 Å². The lowest BCUT2D eigenvalue weighted by Crippen LogP contribution is -2.42. The highest BCUT2D eigenvalue weighted by Gasteiger charge is 2.31. The van der Waals surface area contributed by atoms with Crippen LogP contribution in [0.25, 0.3) is 0 Å². The average Bonchev–Trinajstić information content (AvgIpc) is 2.55. The molecule has 0 saturated carbocycles. The normalized spacial score (nSPS) is 22.5. The first-order valence-electron chi connectivity index (χ1n) is 7.90. The molecule has 1 fully saturated rings. The molecule has 2 aliphatic heterocycles. The van der Waals surface area contributed by atoms with Crippen LogP contribution in [0.2, 0.25) is 0 Å². The first-order valence-corrected chi connectivity index (χ1v) is 7.90. The molecule has 1 aromatic carbocycles.